The van der Waals surface area contributed by atoms with Gasteiger partial charge in [0.1, 0.15) is 0 Å². The Labute approximate surface area is 125 Å². The number of carboxylic acid groups (broad SMARTS) is 1. The molecule has 1 aliphatic carbocycles. The summed E-state index contributed by atoms with van der Waals surface area (Å²) < 4.78 is 1.11. The first-order valence-electron chi connectivity index (χ1n) is 6.46. The van der Waals surface area contributed by atoms with E-state index in [1.54, 1.807) is 6.08 Å². The van der Waals surface area contributed by atoms with E-state index in [1.165, 1.54) is 28.3 Å². The zero-order valence-electron chi connectivity index (χ0n) is 10.8. The molecule has 0 unspecified atom stereocenters. The minimum atomic E-state index is -0.919. The molecule has 0 heterocycles. The maximum Gasteiger partial charge on any atom is 0.328 e. The van der Waals surface area contributed by atoms with Crippen LogP contribution in [0, 0.1) is 0 Å². The van der Waals surface area contributed by atoms with Gasteiger partial charge in [-0.3, -0.25) is 0 Å². The van der Waals surface area contributed by atoms with E-state index in [-0.39, 0.29) is 0 Å². The molecule has 3 heteroatoms. The highest BCUT2D eigenvalue weighted by molar-refractivity contribution is 9.10. The zero-order chi connectivity index (χ0) is 14.1. The van der Waals surface area contributed by atoms with Crippen LogP contribution < -0.4 is 0 Å². The number of hydrogen-bond donors (Lipinski definition) is 1. The van der Waals surface area contributed by atoms with Crippen LogP contribution in [0.15, 0.2) is 46.9 Å². The summed E-state index contributed by atoms with van der Waals surface area (Å²) in [6.45, 7) is 0. The molecule has 1 N–H and O–H groups in total. The molecule has 2 aromatic carbocycles. The van der Waals surface area contributed by atoms with Crippen molar-refractivity contribution >= 4 is 28.0 Å². The van der Waals surface area contributed by atoms with Crippen LogP contribution in [0.25, 0.3) is 17.2 Å². The summed E-state index contributed by atoms with van der Waals surface area (Å²) in [5, 5.41) is 8.68. The third kappa shape index (κ3) is 2.54. The van der Waals surface area contributed by atoms with Gasteiger partial charge < -0.3 is 5.11 Å². The number of fused-ring (bicyclic) bond motifs is 3. The summed E-state index contributed by atoms with van der Waals surface area (Å²) in [6.07, 6.45) is 4.83. The molecule has 0 fully saturated rings. The fourth-order valence-corrected chi connectivity index (χ4v) is 3.06. The van der Waals surface area contributed by atoms with Gasteiger partial charge in [0.25, 0.3) is 0 Å². The van der Waals surface area contributed by atoms with Crippen molar-refractivity contribution in [2.24, 2.45) is 0 Å². The van der Waals surface area contributed by atoms with Crippen molar-refractivity contribution < 1.29 is 9.90 Å². The average Bonchev–Trinajstić information content (AvgIpc) is 2.44. The molecule has 2 aromatic rings. The second-order valence-corrected chi connectivity index (χ2v) is 5.81. The molecule has 0 aliphatic heterocycles. The average molecular weight is 329 g/mol. The van der Waals surface area contributed by atoms with Crippen LogP contribution in [-0.4, -0.2) is 11.1 Å². The lowest BCUT2D eigenvalue weighted by Crippen LogP contribution is -2.04. The monoisotopic (exact) mass is 328 g/mol. The number of halogens is 1. The van der Waals surface area contributed by atoms with Gasteiger partial charge in [-0.25, -0.2) is 4.79 Å². The fraction of sp³-hybridized carbons (Fsp3) is 0.118. The number of hydrogen-bond acceptors (Lipinski definition) is 1. The zero-order valence-corrected chi connectivity index (χ0v) is 12.4. The van der Waals surface area contributed by atoms with Crippen LogP contribution in [-0.2, 0) is 17.6 Å². The van der Waals surface area contributed by atoms with Gasteiger partial charge in [-0.1, -0.05) is 40.2 Å². The second kappa shape index (κ2) is 5.25. The van der Waals surface area contributed by atoms with Crippen LogP contribution in [0.2, 0.25) is 0 Å². The molecule has 0 radical (unpaired) electrons. The summed E-state index contributed by atoms with van der Waals surface area (Å²) in [7, 11) is 0. The molecule has 0 bridgehead atoms. The summed E-state index contributed by atoms with van der Waals surface area (Å²) in [5.74, 6) is -0.919. The Bertz CT molecular complexity index is 717. The smallest absolute Gasteiger partial charge is 0.328 e. The summed E-state index contributed by atoms with van der Waals surface area (Å²) in [4.78, 5) is 10.6. The molecule has 0 spiro atoms. The fourth-order valence-electron chi connectivity index (χ4n) is 2.66. The lowest BCUT2D eigenvalue weighted by molar-refractivity contribution is -0.131. The summed E-state index contributed by atoms with van der Waals surface area (Å²) in [6, 6.07) is 12.5. The van der Waals surface area contributed by atoms with E-state index >= 15 is 0 Å². The van der Waals surface area contributed by atoms with E-state index in [0.29, 0.717) is 0 Å². The Morgan fingerprint density at radius 3 is 2.40 bits per heavy atom. The van der Waals surface area contributed by atoms with E-state index in [4.69, 9.17) is 5.11 Å². The standard InChI is InChI=1S/C17H13BrO2/c18-14-5-7-16-13(10-14)4-3-12-9-11(1-6-15(12)16)2-8-17(19)20/h1-2,5-10H,3-4H2,(H,19,20)/b8-2+. The number of aryl methyl sites for hydroxylation is 2. The van der Waals surface area contributed by atoms with Crippen molar-refractivity contribution in [1.82, 2.24) is 0 Å². The summed E-state index contributed by atoms with van der Waals surface area (Å²) >= 11 is 3.51. The Kier molecular flexibility index (Phi) is 3.45. The predicted octanol–water partition coefficient (Wildman–Crippen LogP) is 4.31. The van der Waals surface area contributed by atoms with Crippen molar-refractivity contribution in [2.45, 2.75) is 12.8 Å². The molecule has 0 atom stereocenters. The van der Waals surface area contributed by atoms with E-state index < -0.39 is 5.97 Å². The van der Waals surface area contributed by atoms with Crippen LogP contribution in [0.5, 0.6) is 0 Å². The van der Waals surface area contributed by atoms with Crippen molar-refractivity contribution in [3.63, 3.8) is 0 Å². The highest BCUT2D eigenvalue weighted by Crippen LogP contribution is 2.35. The van der Waals surface area contributed by atoms with Gasteiger partial charge in [0.2, 0.25) is 0 Å². The van der Waals surface area contributed by atoms with Gasteiger partial charge in [0, 0.05) is 10.5 Å². The largest absolute Gasteiger partial charge is 0.478 e. The number of benzene rings is 2. The predicted molar refractivity (Wildman–Crippen MR) is 83.7 cm³/mol. The minimum Gasteiger partial charge on any atom is -0.478 e. The first kappa shape index (κ1) is 13.1. The Balaban J connectivity index is 2.03. The van der Waals surface area contributed by atoms with E-state index in [2.05, 4.69) is 46.3 Å². The number of carbonyl (C=O) groups is 1. The maximum atomic E-state index is 10.6. The van der Waals surface area contributed by atoms with Gasteiger partial charge in [-0.2, -0.15) is 0 Å². The molecule has 1 aliphatic rings. The molecule has 20 heavy (non-hydrogen) atoms. The van der Waals surface area contributed by atoms with Crippen LogP contribution in [0.1, 0.15) is 16.7 Å². The Hall–Kier alpha value is -1.87. The molecule has 2 nitrogen and oxygen atoms in total. The lowest BCUT2D eigenvalue weighted by atomic mass is 9.85. The first-order valence-corrected chi connectivity index (χ1v) is 7.25. The van der Waals surface area contributed by atoms with Gasteiger partial charge in [-0.15, -0.1) is 0 Å². The Morgan fingerprint density at radius 2 is 1.70 bits per heavy atom. The number of rotatable bonds is 2. The first-order chi connectivity index (χ1) is 9.63. The van der Waals surface area contributed by atoms with Gasteiger partial charge in [-0.05, 0) is 58.9 Å². The highest BCUT2D eigenvalue weighted by Gasteiger charge is 2.16. The van der Waals surface area contributed by atoms with Gasteiger partial charge >= 0.3 is 5.97 Å². The molecular formula is C17H13BrO2. The topological polar surface area (TPSA) is 37.3 Å². The third-order valence-corrected chi connectivity index (χ3v) is 4.06. The van der Waals surface area contributed by atoms with Crippen LogP contribution >= 0.6 is 15.9 Å². The van der Waals surface area contributed by atoms with E-state index in [9.17, 15) is 4.79 Å². The van der Waals surface area contributed by atoms with Crippen molar-refractivity contribution in [1.29, 1.82) is 0 Å². The van der Waals surface area contributed by atoms with Crippen molar-refractivity contribution in [3.05, 3.63) is 63.6 Å². The minimum absolute atomic E-state index is 0.919. The molecule has 3 rings (SSSR count). The third-order valence-electron chi connectivity index (χ3n) is 3.57. The van der Waals surface area contributed by atoms with E-state index in [1.807, 2.05) is 6.07 Å². The van der Waals surface area contributed by atoms with Crippen LogP contribution in [0.3, 0.4) is 0 Å². The van der Waals surface area contributed by atoms with Crippen LogP contribution in [0.4, 0.5) is 0 Å². The van der Waals surface area contributed by atoms with Gasteiger partial charge in [0.05, 0.1) is 0 Å². The highest BCUT2D eigenvalue weighted by atomic mass is 79.9. The number of carboxylic acids is 1. The SMILES string of the molecule is O=C(O)/C=C/c1ccc2c(c1)CCc1cc(Br)ccc1-2. The second-order valence-electron chi connectivity index (χ2n) is 4.89. The molecule has 0 amide bonds. The molecular weight excluding hydrogens is 316 g/mol. The summed E-state index contributed by atoms with van der Waals surface area (Å²) in [5.41, 5.74) is 6.12. The van der Waals surface area contributed by atoms with E-state index in [0.717, 1.165) is 22.9 Å². The molecule has 0 aromatic heterocycles. The van der Waals surface area contributed by atoms with Crippen molar-refractivity contribution in [3.8, 4) is 11.1 Å². The molecule has 0 saturated carbocycles. The number of aliphatic carboxylic acids is 1. The molecule has 0 saturated heterocycles. The maximum absolute atomic E-state index is 10.6. The Morgan fingerprint density at radius 1 is 1.05 bits per heavy atom. The van der Waals surface area contributed by atoms with Gasteiger partial charge in [0.15, 0.2) is 0 Å². The normalized spacial score (nSPS) is 13.1. The molecule has 100 valence electrons. The van der Waals surface area contributed by atoms with Crippen molar-refractivity contribution in [2.75, 3.05) is 0 Å². The quantitative estimate of drug-likeness (QED) is 0.834. The lowest BCUT2D eigenvalue weighted by Gasteiger charge is -2.20.